The van der Waals surface area contributed by atoms with E-state index >= 15 is 0 Å². The number of rotatable bonds is 18. The molecule has 0 spiro atoms. The number of hydrogen-bond donors (Lipinski definition) is 8. The van der Waals surface area contributed by atoms with Gasteiger partial charge in [-0.1, -0.05) is 196 Å². The summed E-state index contributed by atoms with van der Waals surface area (Å²) in [6.45, 7) is 25.3. The highest BCUT2D eigenvalue weighted by atomic mass is 127. The van der Waals surface area contributed by atoms with Gasteiger partial charge in [-0.05, 0) is 35.5 Å². The fraction of sp³-hybridized carbons (Fsp3) is 0.889. The predicted octanol–water partition coefficient (Wildman–Crippen LogP) is 8.14. The van der Waals surface area contributed by atoms with Gasteiger partial charge in [-0.2, -0.15) is 0 Å². The fourth-order valence-electron chi connectivity index (χ4n) is 1.41. The maximum atomic E-state index is 8.52. The van der Waals surface area contributed by atoms with Crippen LogP contribution < -0.4 is 0 Å². The molecule has 48 heavy (non-hydrogen) atoms. The molecule has 6 atom stereocenters. The van der Waals surface area contributed by atoms with Gasteiger partial charge in [0.15, 0.2) is 0 Å². The van der Waals surface area contributed by atoms with E-state index < -0.39 is 0 Å². The van der Waals surface area contributed by atoms with Crippen LogP contribution in [0, 0.1) is 35.5 Å². The largest absolute Gasteiger partial charge is 0.396 e. The molecule has 0 heterocycles. The standard InChI is InChI=1S/4C5H11IO.2C5H12O.2C3H6O/c4*1-2-5(3-6)4-7;2*1-3-5(2)4-6;2*1-2-3-4/h4*5,7H,2-4H2,1H3;2*5-6H,3-4H2,1-2H3;2*2,4H,1,3H2/t6*5-;;/m110010../s1. The van der Waals surface area contributed by atoms with Crippen LogP contribution in [0.4, 0.5) is 0 Å². The van der Waals surface area contributed by atoms with Crippen LogP contribution in [-0.4, -0.2) is 111 Å². The van der Waals surface area contributed by atoms with E-state index in [1.165, 1.54) is 12.2 Å². The Balaban J connectivity index is -0.0000000640. The number of hydrogen-bond acceptors (Lipinski definition) is 8. The van der Waals surface area contributed by atoms with Gasteiger partial charge in [0.1, 0.15) is 0 Å². The second kappa shape index (κ2) is 70.6. The summed E-state index contributed by atoms with van der Waals surface area (Å²) in [5, 5.41) is 66.3. The van der Waals surface area contributed by atoms with Gasteiger partial charge < -0.3 is 40.9 Å². The molecule has 0 unspecified atom stereocenters. The van der Waals surface area contributed by atoms with Crippen molar-refractivity contribution in [1.29, 1.82) is 0 Å². The fourth-order valence-corrected chi connectivity index (χ4v) is 5.01. The van der Waals surface area contributed by atoms with E-state index in [1.54, 1.807) is 0 Å². The third-order valence-electron chi connectivity index (χ3n) is 6.49. The Morgan fingerprint density at radius 3 is 0.562 bits per heavy atom. The maximum Gasteiger partial charge on any atom is 0.0609 e. The van der Waals surface area contributed by atoms with Crippen LogP contribution in [0.25, 0.3) is 0 Å². The molecule has 0 aromatic carbocycles. The van der Waals surface area contributed by atoms with E-state index in [1.807, 2.05) is 13.8 Å². The zero-order valence-corrected chi connectivity index (χ0v) is 40.5. The SMILES string of the molecule is C=CCO.C=CCO.CC[C@@H](C)CO.CC[C@@H](CO)CI.CC[C@@H](CO)CI.CC[C@H](C)CO.CC[C@H](CO)CI.CC[C@H](CO)CI. The number of alkyl halides is 4. The topological polar surface area (TPSA) is 162 Å². The molecule has 0 aliphatic rings. The minimum Gasteiger partial charge on any atom is -0.396 e. The second-order valence-corrected chi connectivity index (χ2v) is 14.3. The summed E-state index contributed by atoms with van der Waals surface area (Å²) in [7, 11) is 0. The lowest BCUT2D eigenvalue weighted by Gasteiger charge is -2.03. The first-order valence-corrected chi connectivity index (χ1v) is 23.3. The Morgan fingerprint density at radius 1 is 0.396 bits per heavy atom. The van der Waals surface area contributed by atoms with Crippen molar-refractivity contribution in [3.05, 3.63) is 25.3 Å². The summed E-state index contributed by atoms with van der Waals surface area (Å²) in [6.07, 6.45) is 9.41. The van der Waals surface area contributed by atoms with Crippen LogP contribution in [0.3, 0.4) is 0 Å². The second-order valence-electron chi connectivity index (χ2n) is 10.8. The van der Waals surface area contributed by atoms with Crippen molar-refractivity contribution >= 4 is 90.4 Å². The summed E-state index contributed by atoms with van der Waals surface area (Å²) in [5.74, 6) is 3.09. The highest BCUT2D eigenvalue weighted by Crippen LogP contribution is 2.05. The average molecular weight is 1150 g/mol. The van der Waals surface area contributed by atoms with Crippen molar-refractivity contribution in [2.45, 2.75) is 93.9 Å². The van der Waals surface area contributed by atoms with Gasteiger partial charge in [0.05, 0.1) is 13.2 Å². The molecule has 12 heteroatoms. The summed E-state index contributed by atoms with van der Waals surface area (Å²) >= 11 is 9.16. The quantitative estimate of drug-likeness (QED) is 0.0388. The molecule has 0 rings (SSSR count). The van der Waals surface area contributed by atoms with Crippen molar-refractivity contribution < 1.29 is 40.9 Å². The van der Waals surface area contributed by atoms with E-state index in [2.05, 4.69) is 145 Å². The molecule has 0 aliphatic carbocycles. The Labute approximate surface area is 353 Å². The molecule has 0 aliphatic heterocycles. The molecule has 0 aromatic heterocycles. The molecule has 8 nitrogen and oxygen atoms in total. The van der Waals surface area contributed by atoms with Crippen LogP contribution >= 0.6 is 90.4 Å². The first-order chi connectivity index (χ1) is 22.8. The molecule has 0 fully saturated rings. The summed E-state index contributed by atoms with van der Waals surface area (Å²) in [6, 6.07) is 0. The minimum absolute atomic E-state index is 0.0833. The van der Waals surface area contributed by atoms with Gasteiger partial charge in [0.2, 0.25) is 0 Å². The van der Waals surface area contributed by atoms with Gasteiger partial charge in [-0.25, -0.2) is 0 Å². The summed E-state index contributed by atoms with van der Waals surface area (Å²) < 4.78 is 4.30. The normalized spacial score (nSPS) is 12.9. The Hall–Kier alpha value is 2.08. The third kappa shape index (κ3) is 81.9. The van der Waals surface area contributed by atoms with Gasteiger partial charge in [-0.3, -0.25) is 0 Å². The molecular weight excluding hydrogens is 1070 g/mol. The van der Waals surface area contributed by atoms with Gasteiger partial charge in [-0.15, -0.1) is 13.2 Å². The lowest BCUT2D eigenvalue weighted by atomic mass is 10.1. The van der Waals surface area contributed by atoms with E-state index in [9.17, 15) is 0 Å². The van der Waals surface area contributed by atoms with Crippen molar-refractivity contribution in [3.8, 4) is 0 Å². The van der Waals surface area contributed by atoms with E-state index in [-0.39, 0.29) is 13.2 Å². The van der Waals surface area contributed by atoms with Gasteiger partial charge in [0, 0.05) is 57.4 Å². The molecule has 0 radical (unpaired) electrons. The van der Waals surface area contributed by atoms with E-state index in [4.69, 9.17) is 40.9 Å². The Morgan fingerprint density at radius 2 is 0.562 bits per heavy atom. The smallest absolute Gasteiger partial charge is 0.0609 e. The van der Waals surface area contributed by atoms with E-state index in [0.29, 0.717) is 75.1 Å². The zero-order valence-electron chi connectivity index (χ0n) is 31.9. The first kappa shape index (κ1) is 68.1. The third-order valence-corrected chi connectivity index (χ3v) is 11.5. The first-order valence-electron chi connectivity index (χ1n) is 17.2. The van der Waals surface area contributed by atoms with Crippen LogP contribution in [0.5, 0.6) is 0 Å². The highest BCUT2D eigenvalue weighted by Gasteiger charge is 2.00. The van der Waals surface area contributed by atoms with Gasteiger partial charge >= 0.3 is 0 Å². The molecular formula is C36H80I4O8. The highest BCUT2D eigenvalue weighted by molar-refractivity contribution is 14.1. The van der Waals surface area contributed by atoms with Crippen LogP contribution in [-0.2, 0) is 0 Å². The molecule has 0 aromatic rings. The minimum atomic E-state index is 0.0833. The average Bonchev–Trinajstić information content (AvgIpc) is 3.15. The molecule has 300 valence electrons. The predicted molar refractivity (Wildman–Crippen MR) is 247 cm³/mol. The van der Waals surface area contributed by atoms with Crippen molar-refractivity contribution in [2.24, 2.45) is 35.5 Å². The van der Waals surface area contributed by atoms with E-state index in [0.717, 1.165) is 56.2 Å². The lowest BCUT2D eigenvalue weighted by Crippen LogP contribution is -2.04. The van der Waals surface area contributed by atoms with Crippen molar-refractivity contribution in [2.75, 3.05) is 70.6 Å². The summed E-state index contributed by atoms with van der Waals surface area (Å²) in [5.41, 5.74) is 0. The lowest BCUT2D eigenvalue weighted by molar-refractivity contribution is 0.234. The maximum absolute atomic E-state index is 8.52. The number of aliphatic hydroxyl groups excluding tert-OH is 8. The zero-order chi connectivity index (χ0) is 39.6. The number of halogens is 4. The Kier molecular flexibility index (Phi) is 100. The molecule has 0 saturated heterocycles. The Bertz CT molecular complexity index is 387. The molecule has 0 bridgehead atoms. The van der Waals surface area contributed by atoms with Crippen molar-refractivity contribution in [1.82, 2.24) is 0 Å². The van der Waals surface area contributed by atoms with Crippen LogP contribution in [0.15, 0.2) is 25.3 Å². The van der Waals surface area contributed by atoms with Crippen molar-refractivity contribution in [3.63, 3.8) is 0 Å². The van der Waals surface area contributed by atoms with Crippen LogP contribution in [0.1, 0.15) is 93.9 Å². The summed E-state index contributed by atoms with van der Waals surface area (Å²) in [4.78, 5) is 0. The van der Waals surface area contributed by atoms with Gasteiger partial charge in [0.25, 0.3) is 0 Å². The molecule has 0 saturated carbocycles. The number of aliphatic hydroxyl groups is 8. The molecule has 8 N–H and O–H groups in total. The monoisotopic (exact) mass is 1150 g/mol. The molecule has 0 amide bonds. The van der Waals surface area contributed by atoms with Crippen LogP contribution in [0.2, 0.25) is 0 Å².